The fourth-order valence-corrected chi connectivity index (χ4v) is 1.47. The summed E-state index contributed by atoms with van der Waals surface area (Å²) in [5.74, 6) is -2.29. The van der Waals surface area contributed by atoms with Gasteiger partial charge in [0.25, 0.3) is 11.8 Å². The van der Waals surface area contributed by atoms with E-state index < -0.39 is 23.4 Å². The van der Waals surface area contributed by atoms with Crippen LogP contribution in [0, 0.1) is 5.82 Å². The minimum atomic E-state index is -0.691. The molecular formula is C12H10FN3O3. The average molecular weight is 263 g/mol. The van der Waals surface area contributed by atoms with Gasteiger partial charge in [-0.3, -0.25) is 9.59 Å². The van der Waals surface area contributed by atoms with Crippen LogP contribution < -0.4 is 11.1 Å². The van der Waals surface area contributed by atoms with E-state index in [-0.39, 0.29) is 17.1 Å². The number of hydrogen-bond acceptors (Lipinski definition) is 3. The molecule has 19 heavy (non-hydrogen) atoms. The molecule has 5 N–H and O–H groups in total. The van der Waals surface area contributed by atoms with Crippen LogP contribution in [0.3, 0.4) is 0 Å². The molecule has 0 saturated carbocycles. The maximum absolute atomic E-state index is 12.8. The molecule has 1 heterocycles. The van der Waals surface area contributed by atoms with Gasteiger partial charge in [-0.1, -0.05) is 0 Å². The van der Waals surface area contributed by atoms with Crippen LogP contribution in [0.5, 0.6) is 5.75 Å². The molecular weight excluding hydrogens is 253 g/mol. The van der Waals surface area contributed by atoms with Gasteiger partial charge in [-0.05, 0) is 24.3 Å². The van der Waals surface area contributed by atoms with Gasteiger partial charge in [-0.15, -0.1) is 0 Å². The Morgan fingerprint density at radius 2 is 1.89 bits per heavy atom. The van der Waals surface area contributed by atoms with Crippen molar-refractivity contribution >= 4 is 17.5 Å². The van der Waals surface area contributed by atoms with E-state index in [1.807, 2.05) is 0 Å². The number of aromatic hydroxyl groups is 1. The first-order valence-corrected chi connectivity index (χ1v) is 5.26. The van der Waals surface area contributed by atoms with Crippen LogP contribution >= 0.6 is 0 Å². The predicted molar refractivity (Wildman–Crippen MR) is 65.3 cm³/mol. The number of rotatable bonds is 3. The van der Waals surface area contributed by atoms with Crippen LogP contribution in [0.1, 0.15) is 21.0 Å². The summed E-state index contributed by atoms with van der Waals surface area (Å²) in [5.41, 5.74) is 5.28. The Hall–Kier alpha value is -2.83. The van der Waals surface area contributed by atoms with Gasteiger partial charge in [0.1, 0.15) is 23.0 Å². The van der Waals surface area contributed by atoms with Crippen LogP contribution in [0.2, 0.25) is 0 Å². The van der Waals surface area contributed by atoms with Gasteiger partial charge in [-0.25, -0.2) is 4.39 Å². The third kappa shape index (κ3) is 2.71. The summed E-state index contributed by atoms with van der Waals surface area (Å²) in [6, 6.07) is 5.93. The Morgan fingerprint density at radius 3 is 2.47 bits per heavy atom. The first-order valence-electron chi connectivity index (χ1n) is 5.26. The fraction of sp³-hybridized carbons (Fsp3) is 0. The minimum Gasteiger partial charge on any atom is -0.506 e. The van der Waals surface area contributed by atoms with Crippen molar-refractivity contribution in [3.05, 3.63) is 47.5 Å². The maximum Gasteiger partial charge on any atom is 0.272 e. The number of phenols is 1. The highest BCUT2D eigenvalue weighted by Gasteiger charge is 2.12. The van der Waals surface area contributed by atoms with E-state index in [2.05, 4.69) is 10.3 Å². The molecule has 0 spiro atoms. The Balaban J connectivity index is 2.18. The number of carbonyl (C=O) groups is 2. The lowest BCUT2D eigenvalue weighted by Crippen LogP contribution is -2.15. The van der Waals surface area contributed by atoms with Gasteiger partial charge in [-0.2, -0.15) is 0 Å². The number of anilines is 1. The molecule has 2 aromatic rings. The lowest BCUT2D eigenvalue weighted by Gasteiger charge is -2.06. The number of carbonyl (C=O) groups excluding carboxylic acids is 2. The Bertz CT molecular complexity index is 651. The highest BCUT2D eigenvalue weighted by molar-refractivity contribution is 6.05. The number of phenolic OH excluding ortho intramolecular Hbond substituents is 1. The molecule has 0 radical (unpaired) electrons. The third-order valence-corrected chi connectivity index (χ3v) is 2.40. The molecule has 2 rings (SSSR count). The SMILES string of the molecule is NC(=O)c1ccc(C(=O)Nc2ccc(F)cc2O)[nH]1. The molecule has 7 heteroatoms. The zero-order valence-corrected chi connectivity index (χ0v) is 9.61. The van der Waals surface area contributed by atoms with Crippen molar-refractivity contribution in [1.82, 2.24) is 4.98 Å². The number of amides is 2. The van der Waals surface area contributed by atoms with E-state index in [1.54, 1.807) is 0 Å². The number of aromatic amines is 1. The summed E-state index contributed by atoms with van der Waals surface area (Å²) < 4.78 is 12.8. The molecule has 0 aliphatic rings. The van der Waals surface area contributed by atoms with Gasteiger partial charge in [0.2, 0.25) is 0 Å². The monoisotopic (exact) mass is 263 g/mol. The minimum absolute atomic E-state index is 0.0571. The zero-order chi connectivity index (χ0) is 14.0. The lowest BCUT2D eigenvalue weighted by atomic mass is 10.2. The smallest absolute Gasteiger partial charge is 0.272 e. The van der Waals surface area contributed by atoms with Crippen molar-refractivity contribution in [3.8, 4) is 5.75 Å². The number of benzene rings is 1. The van der Waals surface area contributed by atoms with Crippen molar-refractivity contribution in [2.24, 2.45) is 5.73 Å². The van der Waals surface area contributed by atoms with Crippen molar-refractivity contribution in [1.29, 1.82) is 0 Å². The number of aromatic nitrogens is 1. The largest absolute Gasteiger partial charge is 0.506 e. The summed E-state index contributed by atoms with van der Waals surface area (Å²) in [4.78, 5) is 25.2. The molecule has 0 aliphatic carbocycles. The van der Waals surface area contributed by atoms with Crippen molar-refractivity contribution in [3.63, 3.8) is 0 Å². The lowest BCUT2D eigenvalue weighted by molar-refractivity contribution is 0.0996. The highest BCUT2D eigenvalue weighted by atomic mass is 19.1. The second-order valence-electron chi connectivity index (χ2n) is 3.77. The maximum atomic E-state index is 12.8. The Labute approximate surface area is 107 Å². The van der Waals surface area contributed by atoms with Gasteiger partial charge in [0, 0.05) is 6.07 Å². The third-order valence-electron chi connectivity index (χ3n) is 2.40. The molecule has 0 unspecified atom stereocenters. The van der Waals surface area contributed by atoms with Gasteiger partial charge >= 0.3 is 0 Å². The van der Waals surface area contributed by atoms with Crippen LogP contribution in [0.4, 0.5) is 10.1 Å². The van der Waals surface area contributed by atoms with E-state index in [0.717, 1.165) is 12.1 Å². The second-order valence-corrected chi connectivity index (χ2v) is 3.77. The number of nitrogens with two attached hydrogens (primary N) is 1. The van der Waals surface area contributed by atoms with E-state index in [9.17, 15) is 19.1 Å². The van der Waals surface area contributed by atoms with E-state index in [1.165, 1.54) is 18.2 Å². The molecule has 0 aliphatic heterocycles. The van der Waals surface area contributed by atoms with Crippen molar-refractivity contribution < 1.29 is 19.1 Å². The van der Waals surface area contributed by atoms with E-state index >= 15 is 0 Å². The van der Waals surface area contributed by atoms with Crippen molar-refractivity contribution in [2.45, 2.75) is 0 Å². The first-order chi connectivity index (χ1) is 8.97. The van der Waals surface area contributed by atoms with Gasteiger partial charge < -0.3 is 21.1 Å². The number of hydrogen-bond donors (Lipinski definition) is 4. The molecule has 6 nitrogen and oxygen atoms in total. The Kier molecular flexibility index (Phi) is 3.19. The first kappa shape index (κ1) is 12.6. The molecule has 0 fully saturated rings. The normalized spacial score (nSPS) is 10.2. The summed E-state index contributed by atoms with van der Waals surface area (Å²) >= 11 is 0. The van der Waals surface area contributed by atoms with Crippen LogP contribution in [0.15, 0.2) is 30.3 Å². The fourth-order valence-electron chi connectivity index (χ4n) is 1.47. The summed E-state index contributed by atoms with van der Waals surface area (Å²) in [5, 5.41) is 11.8. The van der Waals surface area contributed by atoms with E-state index in [0.29, 0.717) is 0 Å². The van der Waals surface area contributed by atoms with Crippen LogP contribution in [-0.4, -0.2) is 21.9 Å². The number of halogens is 1. The Morgan fingerprint density at radius 1 is 1.21 bits per heavy atom. The summed E-state index contributed by atoms with van der Waals surface area (Å²) in [7, 11) is 0. The summed E-state index contributed by atoms with van der Waals surface area (Å²) in [6.07, 6.45) is 0. The van der Waals surface area contributed by atoms with Crippen LogP contribution in [-0.2, 0) is 0 Å². The number of primary amides is 1. The predicted octanol–water partition coefficient (Wildman–Crippen LogP) is 1.21. The zero-order valence-electron chi connectivity index (χ0n) is 9.61. The molecule has 2 amide bonds. The molecule has 0 bridgehead atoms. The van der Waals surface area contributed by atoms with Gasteiger partial charge in [0.15, 0.2) is 0 Å². The van der Waals surface area contributed by atoms with E-state index in [4.69, 9.17) is 5.73 Å². The number of H-pyrrole nitrogens is 1. The molecule has 0 atom stereocenters. The molecule has 1 aromatic carbocycles. The molecule has 1 aromatic heterocycles. The molecule has 0 saturated heterocycles. The number of nitrogens with one attached hydrogen (secondary N) is 2. The molecule has 98 valence electrons. The highest BCUT2D eigenvalue weighted by Crippen LogP contribution is 2.23. The topological polar surface area (TPSA) is 108 Å². The summed E-state index contributed by atoms with van der Waals surface area (Å²) in [6.45, 7) is 0. The standard InChI is InChI=1S/C12H10FN3O3/c13-6-1-2-7(10(17)5-6)16-12(19)9-4-3-8(15-9)11(14)18/h1-5,15,17H,(H2,14,18)(H,16,19). The average Bonchev–Trinajstić information content (AvgIpc) is 2.82. The van der Waals surface area contributed by atoms with Crippen molar-refractivity contribution in [2.75, 3.05) is 5.32 Å². The quantitative estimate of drug-likeness (QED) is 0.625. The second kappa shape index (κ2) is 4.81. The van der Waals surface area contributed by atoms with Crippen LogP contribution in [0.25, 0.3) is 0 Å². The van der Waals surface area contributed by atoms with Gasteiger partial charge in [0.05, 0.1) is 5.69 Å².